The number of aromatic nitrogens is 4. The maximum absolute atomic E-state index is 14.1. The van der Waals surface area contributed by atoms with Crippen LogP contribution in [-0.4, -0.2) is 61.1 Å². The molecule has 0 saturated heterocycles. The molecule has 4 N–H and O–H groups in total. The summed E-state index contributed by atoms with van der Waals surface area (Å²) in [6.45, 7) is 5.00. The number of fused-ring (bicyclic) bond motifs is 1. The fourth-order valence-electron chi connectivity index (χ4n) is 2.70. The predicted octanol–water partition coefficient (Wildman–Crippen LogP) is 2.87. The van der Waals surface area contributed by atoms with E-state index in [2.05, 4.69) is 31.0 Å². The third-order valence-corrected chi connectivity index (χ3v) is 4.57. The summed E-state index contributed by atoms with van der Waals surface area (Å²) in [7, 11) is 0. The Balaban J connectivity index is 1.81. The topological polar surface area (TPSA) is 116 Å². The molecule has 0 aliphatic carbocycles. The van der Waals surface area contributed by atoms with Gasteiger partial charge in [0.25, 0.3) is 5.91 Å². The number of hydrogen-bond donors (Lipinski definition) is 4. The van der Waals surface area contributed by atoms with Crippen LogP contribution in [0, 0.1) is 0 Å². The predicted molar refractivity (Wildman–Crippen MR) is 118 cm³/mol. The fraction of sp³-hybridized carbons (Fsp3) is 0.429. The van der Waals surface area contributed by atoms with Crippen LogP contribution in [0.2, 0.25) is 0 Å². The zero-order valence-electron chi connectivity index (χ0n) is 18.4. The van der Waals surface area contributed by atoms with Gasteiger partial charge in [0.15, 0.2) is 5.65 Å². The molecular weight excluding hydrogens is 420 g/mol. The molecule has 0 aromatic carbocycles. The van der Waals surface area contributed by atoms with Gasteiger partial charge in [-0.3, -0.25) is 4.79 Å². The van der Waals surface area contributed by atoms with Gasteiger partial charge in [0.05, 0.1) is 29.6 Å². The summed E-state index contributed by atoms with van der Waals surface area (Å²) in [4.78, 5) is 21.3. The van der Waals surface area contributed by atoms with Crippen LogP contribution in [0.25, 0.3) is 5.65 Å². The van der Waals surface area contributed by atoms with E-state index in [4.69, 9.17) is 0 Å². The highest BCUT2D eigenvalue weighted by atomic mass is 19.1. The summed E-state index contributed by atoms with van der Waals surface area (Å²) in [5.74, 6) is 0.274. The molecule has 0 saturated carbocycles. The Morgan fingerprint density at radius 1 is 1.25 bits per heavy atom. The molecule has 0 bridgehead atoms. The Morgan fingerprint density at radius 2 is 2.00 bits per heavy atom. The zero-order chi connectivity index (χ0) is 23.5. The number of rotatable bonds is 9. The van der Waals surface area contributed by atoms with E-state index < -0.39 is 23.3 Å². The van der Waals surface area contributed by atoms with Crippen LogP contribution in [0.4, 0.5) is 26.1 Å². The molecule has 3 aromatic rings. The Bertz CT molecular complexity index is 1090. The summed E-state index contributed by atoms with van der Waals surface area (Å²) >= 11 is 0. The lowest BCUT2D eigenvalue weighted by Gasteiger charge is -2.23. The standard InChI is InChI=1S/C21H27F2N7O2/c1-20(2,23)12-26-14-9-17(28-16-6-8-30-18(29-16)5-7-27-30)24-10-13(14)19(31)25-11-15(22)21(3,4)32/h5-10,15,32H,11-12H2,1-4H3,(H,25,31)(H2,24,26,28,29)/t15-/m1/s1. The highest BCUT2D eigenvalue weighted by Crippen LogP contribution is 2.23. The van der Waals surface area contributed by atoms with E-state index in [0.717, 1.165) is 0 Å². The molecular formula is C21H27F2N7O2. The van der Waals surface area contributed by atoms with Crippen LogP contribution in [-0.2, 0) is 0 Å². The van der Waals surface area contributed by atoms with Crippen molar-refractivity contribution in [2.45, 2.75) is 45.1 Å². The lowest BCUT2D eigenvalue weighted by Crippen LogP contribution is -2.42. The summed E-state index contributed by atoms with van der Waals surface area (Å²) in [5, 5.41) is 22.2. The van der Waals surface area contributed by atoms with Crippen molar-refractivity contribution in [3.05, 3.63) is 42.4 Å². The lowest BCUT2D eigenvalue weighted by atomic mass is 10.0. The lowest BCUT2D eigenvalue weighted by molar-refractivity contribution is -0.00177. The van der Waals surface area contributed by atoms with E-state index >= 15 is 0 Å². The first kappa shape index (κ1) is 23.3. The van der Waals surface area contributed by atoms with E-state index in [1.807, 2.05) is 0 Å². The van der Waals surface area contributed by atoms with E-state index in [-0.39, 0.29) is 18.7 Å². The third-order valence-electron chi connectivity index (χ3n) is 4.57. The van der Waals surface area contributed by atoms with Gasteiger partial charge in [-0.1, -0.05) is 0 Å². The van der Waals surface area contributed by atoms with Crippen LogP contribution in [0.3, 0.4) is 0 Å². The maximum Gasteiger partial charge on any atom is 0.255 e. The smallest absolute Gasteiger partial charge is 0.255 e. The van der Waals surface area contributed by atoms with Gasteiger partial charge in [0.2, 0.25) is 0 Å². The molecule has 32 heavy (non-hydrogen) atoms. The first-order valence-electron chi connectivity index (χ1n) is 10.1. The second kappa shape index (κ2) is 9.03. The molecule has 0 aliphatic heterocycles. The molecule has 3 heterocycles. The molecule has 0 aliphatic rings. The number of carbonyl (C=O) groups is 1. The number of nitrogens with one attached hydrogen (secondary N) is 3. The van der Waals surface area contributed by atoms with Crippen molar-refractivity contribution in [2.75, 3.05) is 23.7 Å². The summed E-state index contributed by atoms with van der Waals surface area (Å²) in [6.07, 6.45) is 3.00. The monoisotopic (exact) mass is 447 g/mol. The Hall–Kier alpha value is -3.34. The Morgan fingerprint density at radius 3 is 2.69 bits per heavy atom. The average Bonchev–Trinajstić information content (AvgIpc) is 3.17. The number of anilines is 3. The number of nitrogens with zero attached hydrogens (tertiary/aromatic N) is 4. The minimum Gasteiger partial charge on any atom is -0.387 e. The molecule has 0 fully saturated rings. The Labute approximate surface area is 184 Å². The molecule has 3 rings (SSSR count). The second-order valence-corrected chi connectivity index (χ2v) is 8.59. The maximum atomic E-state index is 14.1. The van der Waals surface area contributed by atoms with Gasteiger partial charge in [0.1, 0.15) is 23.5 Å². The SMILES string of the molecule is CC(C)(F)CNc1cc(Nc2ccn3nccc3n2)ncc1C(=O)NC[C@@H](F)C(C)(C)O. The van der Waals surface area contributed by atoms with E-state index in [0.29, 0.717) is 23.0 Å². The molecule has 0 unspecified atom stereocenters. The van der Waals surface area contributed by atoms with Crippen LogP contribution in [0.5, 0.6) is 0 Å². The van der Waals surface area contributed by atoms with Crippen molar-refractivity contribution >= 4 is 28.9 Å². The van der Waals surface area contributed by atoms with Crippen molar-refractivity contribution in [1.29, 1.82) is 0 Å². The van der Waals surface area contributed by atoms with E-state index in [1.54, 1.807) is 35.1 Å². The van der Waals surface area contributed by atoms with E-state index in [9.17, 15) is 18.7 Å². The molecule has 9 nitrogen and oxygen atoms in total. The minimum absolute atomic E-state index is 0.0633. The first-order chi connectivity index (χ1) is 14.9. The molecule has 0 spiro atoms. The van der Waals surface area contributed by atoms with Crippen molar-refractivity contribution < 1.29 is 18.7 Å². The zero-order valence-corrected chi connectivity index (χ0v) is 18.4. The van der Waals surface area contributed by atoms with Gasteiger partial charge >= 0.3 is 0 Å². The largest absolute Gasteiger partial charge is 0.387 e. The molecule has 1 atom stereocenters. The average molecular weight is 447 g/mol. The summed E-state index contributed by atoms with van der Waals surface area (Å²) in [5.41, 5.74) is -2.07. The number of alkyl halides is 2. The highest BCUT2D eigenvalue weighted by molar-refractivity contribution is 5.99. The molecule has 172 valence electrons. The van der Waals surface area contributed by atoms with Gasteiger partial charge < -0.3 is 21.1 Å². The summed E-state index contributed by atoms with van der Waals surface area (Å²) in [6, 6.07) is 5.00. The van der Waals surface area contributed by atoms with Gasteiger partial charge in [-0.25, -0.2) is 23.3 Å². The molecule has 3 aromatic heterocycles. The van der Waals surface area contributed by atoms with Crippen LogP contribution in [0.1, 0.15) is 38.1 Å². The van der Waals surface area contributed by atoms with Crippen molar-refractivity contribution in [2.24, 2.45) is 0 Å². The van der Waals surface area contributed by atoms with Gasteiger partial charge in [-0.05, 0) is 33.8 Å². The summed E-state index contributed by atoms with van der Waals surface area (Å²) < 4.78 is 29.7. The number of aliphatic hydroxyl groups is 1. The van der Waals surface area contributed by atoms with Gasteiger partial charge in [-0.15, -0.1) is 0 Å². The third kappa shape index (κ3) is 6.10. The van der Waals surface area contributed by atoms with Crippen molar-refractivity contribution in [1.82, 2.24) is 24.9 Å². The quantitative estimate of drug-likeness (QED) is 0.399. The molecule has 0 radical (unpaired) electrons. The van der Waals surface area contributed by atoms with Crippen molar-refractivity contribution in [3.8, 4) is 0 Å². The van der Waals surface area contributed by atoms with E-state index in [1.165, 1.54) is 33.9 Å². The highest BCUT2D eigenvalue weighted by Gasteiger charge is 2.27. The fourth-order valence-corrected chi connectivity index (χ4v) is 2.70. The minimum atomic E-state index is -1.66. The number of pyridine rings is 1. The van der Waals surface area contributed by atoms with Crippen molar-refractivity contribution in [3.63, 3.8) is 0 Å². The Kier molecular flexibility index (Phi) is 6.58. The van der Waals surface area contributed by atoms with Crippen LogP contribution in [0.15, 0.2) is 36.8 Å². The number of halogens is 2. The number of hydrogen-bond acceptors (Lipinski definition) is 7. The number of carbonyl (C=O) groups excluding carboxylic acids is 1. The first-order valence-corrected chi connectivity index (χ1v) is 10.1. The van der Waals surface area contributed by atoms with Crippen LogP contribution < -0.4 is 16.0 Å². The second-order valence-electron chi connectivity index (χ2n) is 8.59. The normalized spacial score (nSPS) is 13.1. The molecule has 11 heteroatoms. The number of amides is 1. The van der Waals surface area contributed by atoms with Gasteiger partial charge in [0, 0.05) is 31.1 Å². The molecule has 1 amide bonds. The van der Waals surface area contributed by atoms with Crippen LogP contribution >= 0.6 is 0 Å². The van der Waals surface area contributed by atoms with Gasteiger partial charge in [-0.2, -0.15) is 5.10 Å².